The van der Waals surface area contributed by atoms with Gasteiger partial charge in [-0.05, 0) is 37.1 Å². The van der Waals surface area contributed by atoms with Crippen molar-refractivity contribution in [2.24, 2.45) is 0 Å². The molecule has 1 aromatic heterocycles. The number of aryl methyl sites for hydroxylation is 1. The molecule has 1 N–H and O–H groups in total. The average Bonchev–Trinajstić information content (AvgIpc) is 3.58. The summed E-state index contributed by atoms with van der Waals surface area (Å²) < 4.78 is 12.2. The summed E-state index contributed by atoms with van der Waals surface area (Å²) in [6.07, 6.45) is 1.63. The lowest BCUT2D eigenvalue weighted by atomic mass is 9.95. The van der Waals surface area contributed by atoms with E-state index in [1.54, 1.807) is 54.6 Å². The Morgan fingerprint density at radius 3 is 2.52 bits per heavy atom. The van der Waals surface area contributed by atoms with Gasteiger partial charge in [0.25, 0.3) is 5.78 Å². The third kappa shape index (κ3) is 6.09. The first-order chi connectivity index (χ1) is 20.4. The first-order valence-corrected chi connectivity index (χ1v) is 15.1. The highest BCUT2D eigenvalue weighted by atomic mass is 32.2. The fourth-order valence-electron chi connectivity index (χ4n) is 4.52. The van der Waals surface area contributed by atoms with Gasteiger partial charge in [-0.2, -0.15) is 0 Å². The molecule has 2 heterocycles. The topological polar surface area (TPSA) is 102 Å². The zero-order chi connectivity index (χ0) is 29.6. The number of anilines is 1. The van der Waals surface area contributed by atoms with Crippen molar-refractivity contribution in [3.8, 4) is 11.5 Å². The molecule has 0 radical (unpaired) electrons. The number of aromatic nitrogens is 2. The van der Waals surface area contributed by atoms with Crippen LogP contribution in [0, 0.1) is 6.92 Å². The van der Waals surface area contributed by atoms with E-state index in [1.165, 1.54) is 33.6 Å². The molecule has 214 valence electrons. The molecule has 5 rings (SSSR count). The SMILES string of the molecule is C=CCOc1ccc(C2/C(=C(\O)c3ccccc3)C(=O)C(=O)N2c2nnc(SCc3ccc(C)cc3)s2)cc1OCC. The van der Waals surface area contributed by atoms with Crippen LogP contribution >= 0.6 is 23.1 Å². The number of Topliss-reactive ketones (excluding diaryl/α,β-unsaturated/α-hetero) is 1. The van der Waals surface area contributed by atoms with Crippen LogP contribution in [0.25, 0.3) is 5.76 Å². The van der Waals surface area contributed by atoms with Crippen molar-refractivity contribution in [1.82, 2.24) is 10.2 Å². The van der Waals surface area contributed by atoms with E-state index in [0.29, 0.717) is 39.3 Å². The molecule has 1 saturated heterocycles. The number of hydrogen-bond acceptors (Lipinski definition) is 9. The van der Waals surface area contributed by atoms with Crippen molar-refractivity contribution in [2.45, 2.75) is 30.0 Å². The number of amides is 1. The van der Waals surface area contributed by atoms with Crippen LogP contribution in [0.3, 0.4) is 0 Å². The molecule has 1 fully saturated rings. The fraction of sp³-hybridized carbons (Fsp3) is 0.188. The molecule has 10 heteroatoms. The van der Waals surface area contributed by atoms with E-state index in [1.807, 2.05) is 13.8 Å². The second-order valence-electron chi connectivity index (χ2n) is 9.40. The highest BCUT2D eigenvalue weighted by Gasteiger charge is 2.48. The summed E-state index contributed by atoms with van der Waals surface area (Å²) in [6, 6.07) is 21.1. The number of aliphatic hydroxyl groups excluding tert-OH is 1. The van der Waals surface area contributed by atoms with Crippen molar-refractivity contribution < 1.29 is 24.2 Å². The maximum Gasteiger partial charge on any atom is 0.301 e. The third-order valence-electron chi connectivity index (χ3n) is 6.52. The zero-order valence-electron chi connectivity index (χ0n) is 23.1. The standard InChI is InChI=1S/C32H29N3O5S2/c1-4-17-40-24-16-15-23(18-25(24)39-5-2)27-26(28(36)22-9-7-6-8-10-22)29(37)30(38)35(27)31-33-34-32(42-31)41-19-21-13-11-20(3)12-14-21/h4,6-16,18,27,36H,1,5,17,19H2,2-3H3/b28-26+. The first kappa shape index (κ1) is 29.1. The van der Waals surface area contributed by atoms with E-state index in [9.17, 15) is 14.7 Å². The van der Waals surface area contributed by atoms with Crippen LogP contribution in [0.4, 0.5) is 5.13 Å². The van der Waals surface area contributed by atoms with Crippen molar-refractivity contribution in [3.63, 3.8) is 0 Å². The molecule has 1 aliphatic heterocycles. The molecule has 4 aromatic rings. The van der Waals surface area contributed by atoms with Crippen LogP contribution in [0.1, 0.15) is 35.2 Å². The molecule has 1 amide bonds. The fourth-order valence-corrected chi connectivity index (χ4v) is 6.34. The molecule has 0 bridgehead atoms. The Labute approximate surface area is 252 Å². The van der Waals surface area contributed by atoms with Crippen molar-refractivity contribution in [2.75, 3.05) is 18.1 Å². The van der Waals surface area contributed by atoms with E-state index in [-0.39, 0.29) is 23.1 Å². The minimum Gasteiger partial charge on any atom is -0.507 e. The summed E-state index contributed by atoms with van der Waals surface area (Å²) in [4.78, 5) is 28.4. The van der Waals surface area contributed by atoms with E-state index in [4.69, 9.17) is 9.47 Å². The number of rotatable bonds is 11. The number of ether oxygens (including phenoxy) is 2. The summed E-state index contributed by atoms with van der Waals surface area (Å²) in [5.74, 6) is -0.274. The number of carbonyl (C=O) groups is 2. The van der Waals surface area contributed by atoms with Gasteiger partial charge in [0.2, 0.25) is 5.13 Å². The maximum absolute atomic E-state index is 13.6. The predicted octanol–water partition coefficient (Wildman–Crippen LogP) is 6.73. The Morgan fingerprint density at radius 2 is 1.81 bits per heavy atom. The van der Waals surface area contributed by atoms with Crippen molar-refractivity contribution >= 4 is 45.7 Å². The number of aliphatic hydroxyl groups is 1. The maximum atomic E-state index is 13.6. The highest BCUT2D eigenvalue weighted by Crippen LogP contribution is 2.45. The lowest BCUT2D eigenvalue weighted by Gasteiger charge is -2.23. The molecule has 1 aliphatic rings. The summed E-state index contributed by atoms with van der Waals surface area (Å²) in [7, 11) is 0. The van der Waals surface area contributed by atoms with Crippen LogP contribution < -0.4 is 14.4 Å². The van der Waals surface area contributed by atoms with E-state index >= 15 is 0 Å². The van der Waals surface area contributed by atoms with Crippen LogP contribution in [-0.2, 0) is 15.3 Å². The molecular weight excluding hydrogens is 571 g/mol. The van der Waals surface area contributed by atoms with Gasteiger partial charge in [-0.25, -0.2) is 0 Å². The van der Waals surface area contributed by atoms with Crippen LogP contribution in [0.15, 0.2) is 95.4 Å². The molecule has 1 unspecified atom stereocenters. The van der Waals surface area contributed by atoms with Gasteiger partial charge >= 0.3 is 5.91 Å². The number of thioether (sulfide) groups is 1. The molecule has 1 atom stereocenters. The second kappa shape index (κ2) is 13.1. The minimum absolute atomic E-state index is 0.0440. The number of carbonyl (C=O) groups excluding carboxylic acids is 2. The van der Waals surface area contributed by atoms with Crippen LogP contribution in [-0.4, -0.2) is 40.2 Å². The van der Waals surface area contributed by atoms with Crippen molar-refractivity contribution in [3.05, 3.63) is 113 Å². The van der Waals surface area contributed by atoms with Gasteiger partial charge in [-0.1, -0.05) is 102 Å². The number of benzene rings is 3. The lowest BCUT2D eigenvalue weighted by Crippen LogP contribution is -2.29. The van der Waals surface area contributed by atoms with E-state index in [2.05, 4.69) is 41.0 Å². The number of nitrogens with zero attached hydrogens (tertiary/aromatic N) is 3. The quantitative estimate of drug-likeness (QED) is 0.0506. The smallest absolute Gasteiger partial charge is 0.301 e. The summed E-state index contributed by atoms with van der Waals surface area (Å²) in [5.41, 5.74) is 3.24. The summed E-state index contributed by atoms with van der Waals surface area (Å²) in [5, 5.41) is 20.2. The number of hydrogen-bond donors (Lipinski definition) is 1. The van der Waals surface area contributed by atoms with Gasteiger partial charge in [0.15, 0.2) is 15.8 Å². The second-order valence-corrected chi connectivity index (χ2v) is 11.6. The average molecular weight is 600 g/mol. The molecule has 0 spiro atoms. The zero-order valence-corrected chi connectivity index (χ0v) is 24.8. The molecule has 3 aromatic carbocycles. The predicted molar refractivity (Wildman–Crippen MR) is 165 cm³/mol. The third-order valence-corrected chi connectivity index (χ3v) is 8.64. The summed E-state index contributed by atoms with van der Waals surface area (Å²) >= 11 is 2.71. The van der Waals surface area contributed by atoms with Gasteiger partial charge in [-0.15, -0.1) is 10.2 Å². The highest BCUT2D eigenvalue weighted by molar-refractivity contribution is 8.00. The van der Waals surface area contributed by atoms with Gasteiger partial charge in [0, 0.05) is 11.3 Å². The van der Waals surface area contributed by atoms with E-state index in [0.717, 1.165) is 5.56 Å². The normalized spacial score (nSPS) is 16.0. The Morgan fingerprint density at radius 1 is 1.05 bits per heavy atom. The van der Waals surface area contributed by atoms with Gasteiger partial charge in [0.1, 0.15) is 12.4 Å². The van der Waals surface area contributed by atoms with Gasteiger partial charge in [0.05, 0.1) is 18.2 Å². The minimum atomic E-state index is -0.972. The Bertz CT molecular complexity index is 1630. The Hall–Kier alpha value is -4.41. The largest absolute Gasteiger partial charge is 0.507 e. The molecule has 42 heavy (non-hydrogen) atoms. The first-order valence-electron chi connectivity index (χ1n) is 13.3. The lowest BCUT2D eigenvalue weighted by molar-refractivity contribution is -0.132. The molecule has 0 saturated carbocycles. The summed E-state index contributed by atoms with van der Waals surface area (Å²) in [6.45, 7) is 8.23. The molecule has 8 nitrogen and oxygen atoms in total. The van der Waals surface area contributed by atoms with Crippen LogP contribution in [0.5, 0.6) is 11.5 Å². The molecule has 0 aliphatic carbocycles. The van der Waals surface area contributed by atoms with Gasteiger partial charge < -0.3 is 14.6 Å². The molecular formula is C32H29N3O5S2. The number of ketones is 1. The van der Waals surface area contributed by atoms with Gasteiger partial charge in [-0.3, -0.25) is 14.5 Å². The van der Waals surface area contributed by atoms with Crippen LogP contribution in [0.2, 0.25) is 0 Å². The Balaban J connectivity index is 1.56. The van der Waals surface area contributed by atoms with E-state index < -0.39 is 17.7 Å². The van der Waals surface area contributed by atoms with Crippen molar-refractivity contribution in [1.29, 1.82) is 0 Å². The monoisotopic (exact) mass is 599 g/mol. The Kier molecular flexibility index (Phi) is 9.04.